The Hall–Kier alpha value is -4.05. The van der Waals surface area contributed by atoms with Crippen LogP contribution in [-0.2, 0) is 28.9 Å². The summed E-state index contributed by atoms with van der Waals surface area (Å²) in [5.41, 5.74) is 2.58. The van der Waals surface area contributed by atoms with E-state index in [0.29, 0.717) is 34.9 Å². The first-order valence-corrected chi connectivity index (χ1v) is 13.1. The lowest BCUT2D eigenvalue weighted by Gasteiger charge is -2.09. The molecule has 2 N–H and O–H groups in total. The Balaban J connectivity index is 1.08. The first kappa shape index (κ1) is 24.6. The summed E-state index contributed by atoms with van der Waals surface area (Å²) in [6.45, 7) is 0. The first-order chi connectivity index (χ1) is 18.1. The first-order valence-electron chi connectivity index (χ1n) is 12.3. The average Bonchev–Trinajstić information content (AvgIpc) is 3.56. The van der Waals surface area contributed by atoms with E-state index in [1.807, 2.05) is 60.7 Å². The van der Waals surface area contributed by atoms with E-state index in [1.165, 1.54) is 11.3 Å². The van der Waals surface area contributed by atoms with Crippen LogP contribution in [0.3, 0.4) is 0 Å². The Morgan fingerprint density at radius 1 is 0.811 bits per heavy atom. The van der Waals surface area contributed by atoms with E-state index in [9.17, 15) is 9.59 Å². The highest BCUT2D eigenvalue weighted by molar-refractivity contribution is 7.15. The molecular weight excluding hydrogens is 486 g/mol. The molecule has 37 heavy (non-hydrogen) atoms. The fraction of sp³-hybridized carbons (Fsp3) is 0.296. The molecule has 2 atom stereocenters. The molecule has 1 saturated carbocycles. The number of hydrogen-bond acceptors (Lipinski definition) is 8. The lowest BCUT2D eigenvalue weighted by Crippen LogP contribution is -2.16. The van der Waals surface area contributed by atoms with E-state index in [0.717, 1.165) is 41.9 Å². The minimum absolute atomic E-state index is 0.115. The van der Waals surface area contributed by atoms with Crippen molar-refractivity contribution in [2.24, 2.45) is 5.92 Å². The van der Waals surface area contributed by atoms with Crippen LogP contribution in [0.1, 0.15) is 47.1 Å². The lowest BCUT2D eigenvalue weighted by molar-refractivity contribution is -0.116. The second-order valence-electron chi connectivity index (χ2n) is 9.19. The van der Waals surface area contributed by atoms with Crippen LogP contribution in [0.2, 0.25) is 0 Å². The van der Waals surface area contributed by atoms with Gasteiger partial charge < -0.3 is 10.6 Å². The number of nitrogens with zero attached hydrogens (tertiary/aromatic N) is 5. The van der Waals surface area contributed by atoms with Gasteiger partial charge in [0.05, 0.1) is 18.5 Å². The van der Waals surface area contributed by atoms with Crippen molar-refractivity contribution in [3.05, 3.63) is 88.8 Å². The monoisotopic (exact) mass is 513 g/mol. The van der Waals surface area contributed by atoms with E-state index in [4.69, 9.17) is 0 Å². The van der Waals surface area contributed by atoms with Gasteiger partial charge in [-0.3, -0.25) is 14.6 Å². The Morgan fingerprint density at radius 2 is 1.65 bits per heavy atom. The third-order valence-electron chi connectivity index (χ3n) is 6.34. The van der Waals surface area contributed by atoms with Crippen molar-refractivity contribution in [1.82, 2.24) is 25.4 Å². The topological polar surface area (TPSA) is 123 Å². The summed E-state index contributed by atoms with van der Waals surface area (Å²) >= 11 is 1.44. The number of carbonyl (C=O) groups excluding carboxylic acids is 2. The molecule has 1 fully saturated rings. The second-order valence-corrected chi connectivity index (χ2v) is 10.2. The van der Waals surface area contributed by atoms with Gasteiger partial charge in [-0.2, -0.15) is 5.10 Å². The molecule has 10 heteroatoms. The third kappa shape index (κ3) is 7.01. The van der Waals surface area contributed by atoms with Gasteiger partial charge >= 0.3 is 0 Å². The van der Waals surface area contributed by atoms with Crippen molar-refractivity contribution in [1.29, 1.82) is 0 Å². The number of benzene rings is 1. The number of amides is 2. The highest BCUT2D eigenvalue weighted by Gasteiger charge is 2.29. The summed E-state index contributed by atoms with van der Waals surface area (Å²) in [4.78, 5) is 28.7. The number of anilines is 2. The molecule has 0 aliphatic heterocycles. The molecule has 3 aromatic heterocycles. The lowest BCUT2D eigenvalue weighted by atomic mass is 10.00. The summed E-state index contributed by atoms with van der Waals surface area (Å²) in [5, 5.41) is 24.2. The smallest absolute Gasteiger partial charge is 0.232 e. The largest absolute Gasteiger partial charge is 0.309 e. The van der Waals surface area contributed by atoms with Gasteiger partial charge in [-0.15, -0.1) is 15.3 Å². The van der Waals surface area contributed by atoms with Crippen LogP contribution in [0, 0.1) is 5.92 Å². The second kappa shape index (κ2) is 11.8. The van der Waals surface area contributed by atoms with Crippen molar-refractivity contribution in [3.8, 4) is 0 Å². The predicted molar refractivity (Wildman–Crippen MR) is 141 cm³/mol. The van der Waals surface area contributed by atoms with Crippen molar-refractivity contribution in [2.45, 2.75) is 44.4 Å². The minimum atomic E-state index is -0.149. The maximum Gasteiger partial charge on any atom is 0.232 e. The molecule has 4 aromatic rings. The minimum Gasteiger partial charge on any atom is -0.309 e. The van der Waals surface area contributed by atoms with Crippen LogP contribution in [0.15, 0.2) is 66.9 Å². The fourth-order valence-electron chi connectivity index (χ4n) is 4.56. The summed E-state index contributed by atoms with van der Waals surface area (Å²) in [7, 11) is 0. The molecule has 1 aliphatic rings. The molecule has 9 nitrogen and oxygen atoms in total. The summed E-state index contributed by atoms with van der Waals surface area (Å²) in [6.07, 6.45) is 6.10. The number of pyridine rings is 1. The Kier molecular flexibility index (Phi) is 7.85. The average molecular weight is 514 g/mol. The molecule has 188 valence electrons. The molecular formula is C27H27N7O2S. The van der Waals surface area contributed by atoms with Crippen LogP contribution in [0.5, 0.6) is 0 Å². The molecule has 3 heterocycles. The summed E-state index contributed by atoms with van der Waals surface area (Å²) in [6, 6.07) is 18.8. The number of rotatable bonds is 9. The van der Waals surface area contributed by atoms with Gasteiger partial charge in [0.15, 0.2) is 5.82 Å². The molecule has 0 spiro atoms. The molecule has 0 saturated heterocycles. The summed E-state index contributed by atoms with van der Waals surface area (Å²) < 4.78 is 0. The SMILES string of the molecule is O=C(Cc1ccccc1)Nc1ccc(CC2CCC(c3nnc(NC(=O)Cc4ccccn4)s3)C2)nn1. The Labute approximate surface area is 218 Å². The van der Waals surface area contributed by atoms with Crippen LogP contribution in [-0.4, -0.2) is 37.2 Å². The number of carbonyl (C=O) groups is 2. The highest BCUT2D eigenvalue weighted by Crippen LogP contribution is 2.41. The number of hydrogen-bond donors (Lipinski definition) is 2. The van der Waals surface area contributed by atoms with Crippen molar-refractivity contribution < 1.29 is 9.59 Å². The van der Waals surface area contributed by atoms with E-state index in [-0.39, 0.29) is 18.2 Å². The number of nitrogens with one attached hydrogen (secondary N) is 2. The standard InChI is InChI=1S/C27H27N7O2S/c35-24(16-18-6-2-1-3-7-18)29-23-12-11-22(31-32-23)15-19-9-10-20(14-19)26-33-34-27(37-26)30-25(36)17-21-8-4-5-13-28-21/h1-8,11-13,19-20H,9-10,14-17H2,(H,29,32,35)(H,30,34,36). The van der Waals surface area contributed by atoms with Gasteiger partial charge in [-0.1, -0.05) is 47.7 Å². The maximum absolute atomic E-state index is 12.3. The van der Waals surface area contributed by atoms with Gasteiger partial charge in [0.1, 0.15) is 5.01 Å². The third-order valence-corrected chi connectivity index (χ3v) is 7.34. The van der Waals surface area contributed by atoms with Crippen LogP contribution < -0.4 is 10.6 Å². The molecule has 2 unspecified atom stereocenters. The zero-order valence-corrected chi connectivity index (χ0v) is 21.0. The van der Waals surface area contributed by atoms with Crippen molar-refractivity contribution in [2.75, 3.05) is 10.6 Å². The molecule has 1 aromatic carbocycles. The van der Waals surface area contributed by atoms with Crippen LogP contribution in [0.4, 0.5) is 10.9 Å². The van der Waals surface area contributed by atoms with Gasteiger partial charge in [-0.25, -0.2) is 0 Å². The summed E-state index contributed by atoms with van der Waals surface area (Å²) in [5.74, 6) is 0.998. The van der Waals surface area contributed by atoms with E-state index < -0.39 is 0 Å². The van der Waals surface area contributed by atoms with E-state index in [2.05, 4.69) is 36.0 Å². The van der Waals surface area contributed by atoms with Gasteiger partial charge in [0.25, 0.3) is 0 Å². The maximum atomic E-state index is 12.3. The van der Waals surface area contributed by atoms with Crippen molar-refractivity contribution in [3.63, 3.8) is 0 Å². The van der Waals surface area contributed by atoms with Gasteiger partial charge in [0, 0.05) is 17.8 Å². The van der Waals surface area contributed by atoms with Crippen molar-refractivity contribution >= 4 is 34.1 Å². The molecule has 1 aliphatic carbocycles. The zero-order valence-electron chi connectivity index (χ0n) is 20.2. The van der Waals surface area contributed by atoms with Crippen LogP contribution >= 0.6 is 11.3 Å². The normalized spacial score (nSPS) is 16.9. The molecule has 5 rings (SSSR count). The van der Waals surface area contributed by atoms with Gasteiger partial charge in [0.2, 0.25) is 16.9 Å². The predicted octanol–water partition coefficient (Wildman–Crippen LogP) is 4.21. The molecule has 2 amide bonds. The van der Waals surface area contributed by atoms with E-state index >= 15 is 0 Å². The quantitative estimate of drug-likeness (QED) is 0.344. The molecule has 0 radical (unpaired) electrons. The Morgan fingerprint density at radius 3 is 2.43 bits per heavy atom. The Bertz CT molecular complexity index is 1330. The van der Waals surface area contributed by atoms with Gasteiger partial charge in [-0.05, 0) is 61.4 Å². The molecule has 0 bridgehead atoms. The fourth-order valence-corrected chi connectivity index (χ4v) is 5.47. The van der Waals surface area contributed by atoms with Crippen LogP contribution in [0.25, 0.3) is 0 Å². The van der Waals surface area contributed by atoms with E-state index in [1.54, 1.807) is 6.20 Å². The number of aromatic nitrogens is 5. The highest BCUT2D eigenvalue weighted by atomic mass is 32.1. The zero-order chi connectivity index (χ0) is 25.5.